The summed E-state index contributed by atoms with van der Waals surface area (Å²) >= 11 is 0. The zero-order valence-corrected chi connectivity index (χ0v) is 10.4. The number of nitrogens with one attached hydrogen (secondary N) is 1. The summed E-state index contributed by atoms with van der Waals surface area (Å²) in [7, 11) is 0. The number of carbonyl (C=O) groups is 2. The van der Waals surface area contributed by atoms with Gasteiger partial charge in [-0.15, -0.1) is 0 Å². The minimum absolute atomic E-state index is 0.0951. The monoisotopic (exact) mass is 253 g/mol. The van der Waals surface area contributed by atoms with Crippen molar-refractivity contribution in [2.45, 2.75) is 44.6 Å². The molecule has 6 nitrogen and oxygen atoms in total. The topological polar surface area (TPSA) is 105 Å². The van der Waals surface area contributed by atoms with Crippen molar-refractivity contribution in [3.63, 3.8) is 0 Å². The lowest BCUT2D eigenvalue weighted by Crippen LogP contribution is -2.40. The molecule has 0 spiro atoms. The molecule has 1 aliphatic carbocycles. The van der Waals surface area contributed by atoms with Gasteiger partial charge in [0.15, 0.2) is 6.10 Å². The normalized spacial score (nSPS) is 17.5. The van der Waals surface area contributed by atoms with Gasteiger partial charge in [-0.1, -0.05) is 32.1 Å². The number of amides is 2. The first-order valence-electron chi connectivity index (χ1n) is 6.24. The van der Waals surface area contributed by atoms with Gasteiger partial charge in [0.2, 0.25) is 0 Å². The van der Waals surface area contributed by atoms with Gasteiger partial charge in [-0.05, 0) is 12.3 Å². The molecular weight excluding hydrogens is 234 g/mol. The van der Waals surface area contributed by atoms with Crippen molar-refractivity contribution in [3.8, 4) is 6.07 Å². The van der Waals surface area contributed by atoms with E-state index >= 15 is 0 Å². The van der Waals surface area contributed by atoms with E-state index in [0.717, 1.165) is 25.7 Å². The molecule has 0 aromatic carbocycles. The zero-order chi connectivity index (χ0) is 13.4. The third-order valence-electron chi connectivity index (χ3n) is 3.16. The Morgan fingerprint density at radius 1 is 1.39 bits per heavy atom. The van der Waals surface area contributed by atoms with E-state index in [1.165, 1.54) is 6.42 Å². The van der Waals surface area contributed by atoms with Gasteiger partial charge >= 0.3 is 6.09 Å². The molecule has 1 rings (SSSR count). The van der Waals surface area contributed by atoms with Gasteiger partial charge in [0.25, 0.3) is 5.91 Å². The molecule has 0 aliphatic heterocycles. The highest BCUT2D eigenvalue weighted by Gasteiger charge is 2.26. The highest BCUT2D eigenvalue weighted by molar-refractivity contribution is 5.83. The first kappa shape index (κ1) is 14.3. The third-order valence-corrected chi connectivity index (χ3v) is 3.16. The predicted octanol–water partition coefficient (Wildman–Crippen LogP) is 1.06. The number of carbonyl (C=O) groups excluding carboxylic acids is 2. The molecule has 0 aromatic rings. The second-order valence-corrected chi connectivity index (χ2v) is 4.54. The van der Waals surface area contributed by atoms with Crippen LogP contribution in [0.15, 0.2) is 0 Å². The average molecular weight is 253 g/mol. The van der Waals surface area contributed by atoms with Gasteiger partial charge in [-0.2, -0.15) is 5.26 Å². The van der Waals surface area contributed by atoms with Crippen LogP contribution in [0.25, 0.3) is 0 Å². The minimum Gasteiger partial charge on any atom is -0.436 e. The molecule has 1 atom stereocenters. The van der Waals surface area contributed by atoms with E-state index in [1.54, 1.807) is 6.07 Å². The first-order chi connectivity index (χ1) is 8.63. The molecule has 1 aliphatic rings. The SMILES string of the molecule is N#CCNC(=O)[C@@H](CC1CCCCC1)OC(N)=O. The second-order valence-electron chi connectivity index (χ2n) is 4.54. The summed E-state index contributed by atoms with van der Waals surface area (Å²) in [6.45, 7) is -0.0951. The third kappa shape index (κ3) is 5.04. The van der Waals surface area contributed by atoms with Crippen LogP contribution < -0.4 is 11.1 Å². The van der Waals surface area contributed by atoms with E-state index in [2.05, 4.69) is 5.32 Å². The summed E-state index contributed by atoms with van der Waals surface area (Å²) in [6.07, 6.45) is 4.26. The van der Waals surface area contributed by atoms with Crippen LogP contribution in [0.3, 0.4) is 0 Å². The Bertz CT molecular complexity index is 332. The highest BCUT2D eigenvalue weighted by Crippen LogP contribution is 2.28. The number of hydrogen-bond donors (Lipinski definition) is 2. The maximum absolute atomic E-state index is 11.7. The summed E-state index contributed by atoms with van der Waals surface area (Å²) in [5.74, 6) is -0.0585. The van der Waals surface area contributed by atoms with E-state index < -0.39 is 18.1 Å². The smallest absolute Gasteiger partial charge is 0.405 e. The lowest BCUT2D eigenvalue weighted by Gasteiger charge is -2.25. The lowest BCUT2D eigenvalue weighted by atomic mass is 9.85. The van der Waals surface area contributed by atoms with Crippen LogP contribution in [0.5, 0.6) is 0 Å². The standard InChI is InChI=1S/C12H19N3O3/c13-6-7-15-11(16)10(18-12(14)17)8-9-4-2-1-3-5-9/h9-10H,1-5,7-8H2,(H2,14,17)(H,15,16)/t10-/m1/s1. The van der Waals surface area contributed by atoms with Crippen molar-refractivity contribution in [3.05, 3.63) is 0 Å². The number of nitrogens with zero attached hydrogens (tertiary/aromatic N) is 1. The molecule has 3 N–H and O–H groups in total. The van der Waals surface area contributed by atoms with Gasteiger partial charge in [-0.25, -0.2) is 4.79 Å². The van der Waals surface area contributed by atoms with Crippen molar-refractivity contribution in [2.24, 2.45) is 11.7 Å². The van der Waals surface area contributed by atoms with Gasteiger partial charge in [0.05, 0.1) is 6.07 Å². The van der Waals surface area contributed by atoms with Crippen molar-refractivity contribution in [1.29, 1.82) is 5.26 Å². The van der Waals surface area contributed by atoms with Crippen molar-refractivity contribution < 1.29 is 14.3 Å². The fraction of sp³-hybridized carbons (Fsp3) is 0.750. The molecule has 0 bridgehead atoms. The largest absolute Gasteiger partial charge is 0.436 e. The molecule has 0 unspecified atom stereocenters. The lowest BCUT2D eigenvalue weighted by molar-refractivity contribution is -0.130. The van der Waals surface area contributed by atoms with E-state index in [9.17, 15) is 9.59 Å². The number of rotatable bonds is 5. The van der Waals surface area contributed by atoms with Crippen molar-refractivity contribution >= 4 is 12.0 Å². The molecule has 1 saturated carbocycles. The molecule has 2 amide bonds. The van der Waals surface area contributed by atoms with E-state index in [1.807, 2.05) is 0 Å². The van der Waals surface area contributed by atoms with Crippen LogP contribution in [0.2, 0.25) is 0 Å². The number of hydrogen-bond acceptors (Lipinski definition) is 4. The molecule has 6 heteroatoms. The number of nitrogens with two attached hydrogens (primary N) is 1. The molecule has 0 saturated heterocycles. The molecule has 0 heterocycles. The summed E-state index contributed by atoms with van der Waals surface area (Å²) in [6, 6.07) is 1.81. The summed E-state index contributed by atoms with van der Waals surface area (Å²) in [5.41, 5.74) is 4.96. The Kier molecular flexibility index (Phi) is 5.98. The van der Waals surface area contributed by atoms with E-state index in [4.69, 9.17) is 15.7 Å². The number of nitriles is 1. The maximum Gasteiger partial charge on any atom is 0.405 e. The number of ether oxygens (including phenoxy) is 1. The molecule has 1 fully saturated rings. The second kappa shape index (κ2) is 7.54. The van der Waals surface area contributed by atoms with Crippen LogP contribution in [0.4, 0.5) is 4.79 Å². The number of primary amides is 1. The molecule has 0 radical (unpaired) electrons. The molecule has 100 valence electrons. The zero-order valence-electron chi connectivity index (χ0n) is 10.4. The summed E-state index contributed by atoms with van der Waals surface area (Å²) in [5, 5.41) is 10.8. The summed E-state index contributed by atoms with van der Waals surface area (Å²) in [4.78, 5) is 22.5. The molecular formula is C12H19N3O3. The van der Waals surface area contributed by atoms with Crippen LogP contribution in [-0.4, -0.2) is 24.6 Å². The van der Waals surface area contributed by atoms with E-state index in [0.29, 0.717) is 12.3 Å². The summed E-state index contributed by atoms with van der Waals surface area (Å²) < 4.78 is 4.83. The first-order valence-corrected chi connectivity index (χ1v) is 6.24. The predicted molar refractivity (Wildman–Crippen MR) is 64.3 cm³/mol. The van der Waals surface area contributed by atoms with Gasteiger partial charge in [0.1, 0.15) is 6.54 Å². The van der Waals surface area contributed by atoms with Crippen molar-refractivity contribution in [2.75, 3.05) is 6.54 Å². The Labute approximate surface area is 106 Å². The molecule has 0 aromatic heterocycles. The van der Waals surface area contributed by atoms with Crippen LogP contribution >= 0.6 is 0 Å². The average Bonchev–Trinajstić information content (AvgIpc) is 2.36. The Balaban J connectivity index is 2.50. The quantitative estimate of drug-likeness (QED) is 0.714. The van der Waals surface area contributed by atoms with Crippen LogP contribution in [0, 0.1) is 17.2 Å². The molecule has 18 heavy (non-hydrogen) atoms. The van der Waals surface area contributed by atoms with E-state index in [-0.39, 0.29) is 6.54 Å². The van der Waals surface area contributed by atoms with Crippen LogP contribution in [0.1, 0.15) is 38.5 Å². The Hall–Kier alpha value is -1.77. The fourth-order valence-corrected chi connectivity index (χ4v) is 2.31. The van der Waals surface area contributed by atoms with Crippen molar-refractivity contribution in [1.82, 2.24) is 5.32 Å². The Morgan fingerprint density at radius 3 is 2.61 bits per heavy atom. The van der Waals surface area contributed by atoms with Gasteiger partial charge in [0, 0.05) is 0 Å². The fourth-order valence-electron chi connectivity index (χ4n) is 2.31. The van der Waals surface area contributed by atoms with Gasteiger partial charge in [-0.3, -0.25) is 4.79 Å². The Morgan fingerprint density at radius 2 is 2.06 bits per heavy atom. The maximum atomic E-state index is 11.7. The van der Waals surface area contributed by atoms with Gasteiger partial charge < -0.3 is 15.8 Å². The minimum atomic E-state index is -0.956. The highest BCUT2D eigenvalue weighted by atomic mass is 16.6. The van der Waals surface area contributed by atoms with Crippen LogP contribution in [-0.2, 0) is 9.53 Å².